The summed E-state index contributed by atoms with van der Waals surface area (Å²) in [5.41, 5.74) is 0.533. The largest absolute Gasteiger partial charge is 0.497 e. The molecule has 1 N–H and O–H groups in total. The van der Waals surface area contributed by atoms with E-state index in [-0.39, 0.29) is 5.76 Å². The molecule has 0 radical (unpaired) electrons. The van der Waals surface area contributed by atoms with Gasteiger partial charge in [-0.05, 0) is 17.7 Å². The fourth-order valence-electron chi connectivity index (χ4n) is 2.02. The maximum Gasteiger partial charge on any atom is 0.335 e. The topological polar surface area (TPSA) is 74.2 Å². The Morgan fingerprint density at radius 2 is 1.85 bits per heavy atom. The van der Waals surface area contributed by atoms with Gasteiger partial charge in [0.25, 0.3) is 0 Å². The second kappa shape index (κ2) is 5.83. The van der Waals surface area contributed by atoms with Crippen LogP contribution >= 0.6 is 0 Å². The van der Waals surface area contributed by atoms with Crippen LogP contribution in [-0.4, -0.2) is 38.5 Å². The van der Waals surface area contributed by atoms with E-state index in [4.69, 9.17) is 18.9 Å². The smallest absolute Gasteiger partial charge is 0.335 e. The first-order chi connectivity index (χ1) is 9.60. The maximum atomic E-state index is 11.2. The zero-order valence-electron chi connectivity index (χ0n) is 11.5. The molecule has 0 aromatic heterocycles. The molecule has 0 saturated heterocycles. The van der Waals surface area contributed by atoms with Crippen molar-refractivity contribution < 1.29 is 28.8 Å². The third-order valence-corrected chi connectivity index (χ3v) is 3.06. The van der Waals surface area contributed by atoms with Gasteiger partial charge in [-0.1, -0.05) is 6.07 Å². The third-order valence-electron chi connectivity index (χ3n) is 3.06. The Balaban J connectivity index is 2.27. The minimum absolute atomic E-state index is 0.289. The first-order valence-corrected chi connectivity index (χ1v) is 5.97. The zero-order valence-corrected chi connectivity index (χ0v) is 11.5. The van der Waals surface area contributed by atoms with Gasteiger partial charge in [-0.25, -0.2) is 4.79 Å². The lowest BCUT2D eigenvalue weighted by atomic mass is 10.0. The molecular formula is C14H16O6. The maximum absolute atomic E-state index is 11.2. The average molecular weight is 280 g/mol. The SMILES string of the molecule is COC1=CC(=O)O[C@H]1[C@H](O)c1ccc(OC)c(OC)c1. The van der Waals surface area contributed by atoms with E-state index in [0.717, 1.165) is 0 Å². The second-order valence-electron chi connectivity index (χ2n) is 4.17. The molecule has 6 nitrogen and oxygen atoms in total. The summed E-state index contributed by atoms with van der Waals surface area (Å²) in [5, 5.41) is 10.3. The monoisotopic (exact) mass is 280 g/mol. The van der Waals surface area contributed by atoms with Gasteiger partial charge >= 0.3 is 5.97 Å². The van der Waals surface area contributed by atoms with E-state index in [1.807, 2.05) is 0 Å². The quantitative estimate of drug-likeness (QED) is 0.817. The third kappa shape index (κ3) is 2.55. The normalized spacial score (nSPS) is 19.1. The van der Waals surface area contributed by atoms with Gasteiger partial charge in [0.15, 0.2) is 17.6 Å². The van der Waals surface area contributed by atoms with Crippen molar-refractivity contribution in [3.63, 3.8) is 0 Å². The molecule has 0 spiro atoms. The lowest BCUT2D eigenvalue weighted by Gasteiger charge is -2.20. The van der Waals surface area contributed by atoms with Crippen LogP contribution in [0.25, 0.3) is 0 Å². The Morgan fingerprint density at radius 1 is 1.15 bits per heavy atom. The first-order valence-electron chi connectivity index (χ1n) is 5.97. The number of rotatable bonds is 5. The van der Waals surface area contributed by atoms with Crippen LogP contribution in [-0.2, 0) is 14.3 Å². The number of carbonyl (C=O) groups excluding carboxylic acids is 1. The van der Waals surface area contributed by atoms with E-state index in [1.54, 1.807) is 18.2 Å². The van der Waals surface area contributed by atoms with E-state index >= 15 is 0 Å². The Kier molecular flexibility index (Phi) is 4.14. The molecule has 0 aliphatic carbocycles. The van der Waals surface area contributed by atoms with Crippen molar-refractivity contribution in [2.45, 2.75) is 12.2 Å². The summed E-state index contributed by atoms with van der Waals surface area (Å²) in [5.74, 6) is 0.786. The van der Waals surface area contributed by atoms with E-state index in [0.29, 0.717) is 17.1 Å². The molecule has 6 heteroatoms. The van der Waals surface area contributed by atoms with Gasteiger partial charge in [0, 0.05) is 0 Å². The van der Waals surface area contributed by atoms with Crippen LogP contribution in [0.1, 0.15) is 11.7 Å². The predicted molar refractivity (Wildman–Crippen MR) is 69.5 cm³/mol. The van der Waals surface area contributed by atoms with Crippen LogP contribution in [0.4, 0.5) is 0 Å². The molecule has 1 aromatic carbocycles. The Morgan fingerprint density at radius 3 is 2.45 bits per heavy atom. The Hall–Kier alpha value is -2.21. The zero-order chi connectivity index (χ0) is 14.7. The highest BCUT2D eigenvalue weighted by atomic mass is 16.6. The molecule has 1 aliphatic rings. The van der Waals surface area contributed by atoms with Crippen molar-refractivity contribution in [3.05, 3.63) is 35.6 Å². The summed E-state index contributed by atoms with van der Waals surface area (Å²) < 4.78 is 20.4. The summed E-state index contributed by atoms with van der Waals surface area (Å²) in [7, 11) is 4.45. The molecule has 2 atom stereocenters. The van der Waals surface area contributed by atoms with Gasteiger partial charge in [-0.3, -0.25) is 0 Å². The van der Waals surface area contributed by atoms with Crippen molar-refractivity contribution in [3.8, 4) is 11.5 Å². The molecule has 0 saturated carbocycles. The number of hydrogen-bond donors (Lipinski definition) is 1. The van der Waals surface area contributed by atoms with Crippen molar-refractivity contribution in [2.75, 3.05) is 21.3 Å². The van der Waals surface area contributed by atoms with E-state index in [1.165, 1.54) is 27.4 Å². The highest BCUT2D eigenvalue weighted by Gasteiger charge is 2.35. The second-order valence-corrected chi connectivity index (χ2v) is 4.17. The lowest BCUT2D eigenvalue weighted by Crippen LogP contribution is -2.22. The van der Waals surface area contributed by atoms with Crippen LogP contribution < -0.4 is 9.47 Å². The molecular weight excluding hydrogens is 264 g/mol. The number of aliphatic hydroxyl groups is 1. The number of esters is 1. The summed E-state index contributed by atoms with van der Waals surface area (Å²) in [6.45, 7) is 0. The highest BCUT2D eigenvalue weighted by Crippen LogP contribution is 2.34. The van der Waals surface area contributed by atoms with Crippen molar-refractivity contribution in [1.29, 1.82) is 0 Å². The molecule has 2 rings (SSSR count). The fraction of sp³-hybridized carbons (Fsp3) is 0.357. The number of ether oxygens (including phenoxy) is 4. The average Bonchev–Trinajstić information content (AvgIpc) is 2.86. The molecule has 20 heavy (non-hydrogen) atoms. The predicted octanol–water partition coefficient (Wildman–Crippen LogP) is 1.19. The molecule has 1 aromatic rings. The minimum Gasteiger partial charge on any atom is -0.497 e. The molecule has 0 fully saturated rings. The van der Waals surface area contributed by atoms with Crippen LogP contribution in [0.3, 0.4) is 0 Å². The molecule has 1 aliphatic heterocycles. The number of cyclic esters (lactones) is 1. The minimum atomic E-state index is -1.05. The Bertz CT molecular complexity index is 536. The molecule has 108 valence electrons. The summed E-state index contributed by atoms with van der Waals surface area (Å²) >= 11 is 0. The van der Waals surface area contributed by atoms with Crippen LogP contribution in [0.5, 0.6) is 11.5 Å². The molecule has 0 unspecified atom stereocenters. The van der Waals surface area contributed by atoms with Gasteiger partial charge in [-0.15, -0.1) is 0 Å². The van der Waals surface area contributed by atoms with Crippen LogP contribution in [0, 0.1) is 0 Å². The van der Waals surface area contributed by atoms with Gasteiger partial charge in [-0.2, -0.15) is 0 Å². The number of carbonyl (C=O) groups is 1. The fourth-order valence-corrected chi connectivity index (χ4v) is 2.02. The van der Waals surface area contributed by atoms with Gasteiger partial charge in [0.2, 0.25) is 0 Å². The van der Waals surface area contributed by atoms with E-state index in [9.17, 15) is 9.90 Å². The summed E-state index contributed by atoms with van der Waals surface area (Å²) in [4.78, 5) is 11.2. The summed E-state index contributed by atoms with van der Waals surface area (Å²) in [6, 6.07) is 4.97. The van der Waals surface area contributed by atoms with Crippen molar-refractivity contribution in [2.24, 2.45) is 0 Å². The van der Waals surface area contributed by atoms with E-state index < -0.39 is 18.2 Å². The molecule has 0 bridgehead atoms. The van der Waals surface area contributed by atoms with Gasteiger partial charge < -0.3 is 24.1 Å². The lowest BCUT2D eigenvalue weighted by molar-refractivity contribution is -0.144. The van der Waals surface area contributed by atoms with E-state index in [2.05, 4.69) is 0 Å². The van der Waals surface area contributed by atoms with Gasteiger partial charge in [0.05, 0.1) is 27.4 Å². The number of aliphatic hydroxyl groups excluding tert-OH is 1. The van der Waals surface area contributed by atoms with Crippen molar-refractivity contribution in [1.82, 2.24) is 0 Å². The molecule has 1 heterocycles. The number of methoxy groups -OCH3 is 3. The number of benzene rings is 1. The Labute approximate surface area is 116 Å². The first kappa shape index (κ1) is 14.2. The van der Waals surface area contributed by atoms with Crippen molar-refractivity contribution >= 4 is 5.97 Å². The molecule has 0 amide bonds. The van der Waals surface area contributed by atoms with Gasteiger partial charge in [0.1, 0.15) is 11.9 Å². The number of hydrogen-bond acceptors (Lipinski definition) is 6. The van der Waals surface area contributed by atoms with Crippen LogP contribution in [0.15, 0.2) is 30.0 Å². The standard InChI is InChI=1S/C14H16O6/c1-17-9-5-4-8(6-10(9)18-2)13(16)14-11(19-3)7-12(15)20-14/h4-7,13-14,16H,1-3H3/t13-,14-/m1/s1. The summed E-state index contributed by atoms with van der Waals surface area (Å²) in [6.07, 6.45) is -0.688. The van der Waals surface area contributed by atoms with Crippen LogP contribution in [0.2, 0.25) is 0 Å². The highest BCUT2D eigenvalue weighted by molar-refractivity contribution is 5.85.